The number of hydrogen-bond acceptors (Lipinski definition) is 1. The Hall–Kier alpha value is -0.700. The summed E-state index contributed by atoms with van der Waals surface area (Å²) in [4.78, 5) is 0. The average molecular weight is 318 g/mol. The van der Waals surface area contributed by atoms with Crippen molar-refractivity contribution in [2.75, 3.05) is 0 Å². The molecule has 0 atom stereocenters. The summed E-state index contributed by atoms with van der Waals surface area (Å²) in [5.74, 6) is 1.36. The molecule has 0 heterocycles. The van der Waals surface area contributed by atoms with Crippen LogP contribution in [-0.4, -0.2) is 0 Å². The maximum absolute atomic E-state index is 5.87. The molecule has 0 saturated carbocycles. The SMILES string of the molecule is Clc1cc(Cl)cc(Oc2ccc(Br)cc2)c1. The van der Waals surface area contributed by atoms with Gasteiger partial charge in [0.2, 0.25) is 0 Å². The summed E-state index contributed by atoms with van der Waals surface area (Å²) < 4.78 is 6.61. The molecule has 0 N–H and O–H groups in total. The number of rotatable bonds is 2. The number of benzene rings is 2. The highest BCUT2D eigenvalue weighted by atomic mass is 79.9. The molecule has 0 aliphatic heterocycles. The zero-order valence-electron chi connectivity index (χ0n) is 8.08. The van der Waals surface area contributed by atoms with E-state index in [-0.39, 0.29) is 0 Å². The predicted molar refractivity (Wildman–Crippen MR) is 70.7 cm³/mol. The van der Waals surface area contributed by atoms with Crippen LogP contribution < -0.4 is 4.74 Å². The minimum absolute atomic E-state index is 0.555. The fraction of sp³-hybridized carbons (Fsp3) is 0. The Labute approximate surface area is 112 Å². The molecule has 0 amide bonds. The molecule has 0 radical (unpaired) electrons. The Morgan fingerprint density at radius 1 is 0.812 bits per heavy atom. The minimum Gasteiger partial charge on any atom is -0.457 e. The molecule has 4 heteroatoms. The number of halogens is 3. The molecule has 0 saturated heterocycles. The van der Waals surface area contributed by atoms with Gasteiger partial charge in [0.05, 0.1) is 0 Å². The van der Waals surface area contributed by atoms with E-state index in [1.807, 2.05) is 24.3 Å². The van der Waals surface area contributed by atoms with Gasteiger partial charge in [-0.3, -0.25) is 0 Å². The molecular weight excluding hydrogens is 311 g/mol. The van der Waals surface area contributed by atoms with Crippen LogP contribution in [0.3, 0.4) is 0 Å². The largest absolute Gasteiger partial charge is 0.457 e. The van der Waals surface area contributed by atoms with E-state index in [0.29, 0.717) is 15.8 Å². The maximum atomic E-state index is 5.87. The summed E-state index contributed by atoms with van der Waals surface area (Å²) in [5, 5.41) is 1.11. The van der Waals surface area contributed by atoms with Crippen LogP contribution in [0.2, 0.25) is 10.0 Å². The van der Waals surface area contributed by atoms with Crippen molar-refractivity contribution >= 4 is 39.1 Å². The van der Waals surface area contributed by atoms with Gasteiger partial charge in [-0.1, -0.05) is 39.1 Å². The average Bonchev–Trinajstić information content (AvgIpc) is 2.20. The predicted octanol–water partition coefficient (Wildman–Crippen LogP) is 5.55. The second kappa shape index (κ2) is 5.09. The lowest BCUT2D eigenvalue weighted by molar-refractivity contribution is 0.482. The van der Waals surface area contributed by atoms with Gasteiger partial charge < -0.3 is 4.74 Å². The standard InChI is InChI=1S/C12H7BrCl2O/c13-8-1-3-11(4-2-8)16-12-6-9(14)5-10(15)7-12/h1-7H. The molecular formula is C12H7BrCl2O. The van der Waals surface area contributed by atoms with E-state index < -0.39 is 0 Å². The van der Waals surface area contributed by atoms with Gasteiger partial charge in [-0.05, 0) is 42.5 Å². The van der Waals surface area contributed by atoms with Crippen LogP contribution >= 0.6 is 39.1 Å². The van der Waals surface area contributed by atoms with Crippen LogP contribution in [0.4, 0.5) is 0 Å². The van der Waals surface area contributed by atoms with Gasteiger partial charge >= 0.3 is 0 Å². The molecule has 1 nitrogen and oxygen atoms in total. The first-order chi connectivity index (χ1) is 7.63. The van der Waals surface area contributed by atoms with Crippen LogP contribution in [0.15, 0.2) is 46.9 Å². The Bertz CT molecular complexity index is 477. The van der Waals surface area contributed by atoms with Crippen molar-refractivity contribution in [2.24, 2.45) is 0 Å². The van der Waals surface area contributed by atoms with Crippen molar-refractivity contribution in [1.82, 2.24) is 0 Å². The molecule has 16 heavy (non-hydrogen) atoms. The van der Waals surface area contributed by atoms with E-state index >= 15 is 0 Å². The zero-order valence-corrected chi connectivity index (χ0v) is 11.2. The van der Waals surface area contributed by atoms with E-state index in [1.54, 1.807) is 18.2 Å². The monoisotopic (exact) mass is 316 g/mol. The zero-order chi connectivity index (χ0) is 11.5. The summed E-state index contributed by atoms with van der Waals surface area (Å²) in [7, 11) is 0. The van der Waals surface area contributed by atoms with E-state index in [0.717, 1.165) is 10.2 Å². The molecule has 0 unspecified atom stereocenters. The molecule has 0 aliphatic rings. The summed E-state index contributed by atoms with van der Waals surface area (Å²) in [6.45, 7) is 0. The molecule has 0 bridgehead atoms. The summed E-state index contributed by atoms with van der Waals surface area (Å²) in [6.07, 6.45) is 0. The fourth-order valence-corrected chi connectivity index (χ4v) is 2.00. The molecule has 2 aromatic rings. The van der Waals surface area contributed by atoms with Crippen molar-refractivity contribution in [1.29, 1.82) is 0 Å². The van der Waals surface area contributed by atoms with Crippen molar-refractivity contribution in [3.63, 3.8) is 0 Å². The highest BCUT2D eigenvalue weighted by Gasteiger charge is 2.00. The van der Waals surface area contributed by atoms with Crippen LogP contribution in [0.5, 0.6) is 11.5 Å². The van der Waals surface area contributed by atoms with Crippen LogP contribution in [0.25, 0.3) is 0 Å². The number of ether oxygens (including phenoxy) is 1. The lowest BCUT2D eigenvalue weighted by Gasteiger charge is -2.06. The van der Waals surface area contributed by atoms with Gasteiger partial charge in [0.1, 0.15) is 11.5 Å². The van der Waals surface area contributed by atoms with Gasteiger partial charge in [-0.25, -0.2) is 0 Å². The van der Waals surface area contributed by atoms with Gasteiger partial charge in [-0.2, -0.15) is 0 Å². The normalized spacial score (nSPS) is 10.2. The van der Waals surface area contributed by atoms with Crippen LogP contribution in [0.1, 0.15) is 0 Å². The van der Waals surface area contributed by atoms with Crippen molar-refractivity contribution < 1.29 is 4.74 Å². The first kappa shape index (κ1) is 11.8. The van der Waals surface area contributed by atoms with E-state index in [9.17, 15) is 0 Å². The minimum atomic E-state index is 0.555. The highest BCUT2D eigenvalue weighted by Crippen LogP contribution is 2.28. The van der Waals surface area contributed by atoms with Crippen LogP contribution in [-0.2, 0) is 0 Å². The van der Waals surface area contributed by atoms with Gasteiger partial charge in [0, 0.05) is 14.5 Å². The van der Waals surface area contributed by atoms with Gasteiger partial charge in [0.25, 0.3) is 0 Å². The quantitative estimate of drug-likeness (QED) is 0.705. The lowest BCUT2D eigenvalue weighted by atomic mass is 10.3. The van der Waals surface area contributed by atoms with Gasteiger partial charge in [0.15, 0.2) is 0 Å². The lowest BCUT2D eigenvalue weighted by Crippen LogP contribution is -1.83. The third-order valence-electron chi connectivity index (χ3n) is 1.89. The first-order valence-electron chi connectivity index (χ1n) is 4.53. The molecule has 2 rings (SSSR count). The van der Waals surface area contributed by atoms with Crippen molar-refractivity contribution in [3.8, 4) is 11.5 Å². The fourth-order valence-electron chi connectivity index (χ4n) is 1.23. The summed E-state index contributed by atoms with van der Waals surface area (Å²) in [6, 6.07) is 12.6. The van der Waals surface area contributed by atoms with E-state index in [1.165, 1.54) is 0 Å². The van der Waals surface area contributed by atoms with E-state index in [4.69, 9.17) is 27.9 Å². The maximum Gasteiger partial charge on any atom is 0.130 e. The Morgan fingerprint density at radius 3 is 1.94 bits per heavy atom. The van der Waals surface area contributed by atoms with Crippen LogP contribution in [0, 0.1) is 0 Å². The smallest absolute Gasteiger partial charge is 0.130 e. The highest BCUT2D eigenvalue weighted by molar-refractivity contribution is 9.10. The van der Waals surface area contributed by atoms with Gasteiger partial charge in [-0.15, -0.1) is 0 Å². The number of hydrogen-bond donors (Lipinski definition) is 0. The third-order valence-corrected chi connectivity index (χ3v) is 2.85. The van der Waals surface area contributed by atoms with Crippen molar-refractivity contribution in [2.45, 2.75) is 0 Å². The molecule has 2 aromatic carbocycles. The second-order valence-electron chi connectivity index (χ2n) is 3.16. The third kappa shape index (κ3) is 3.14. The van der Waals surface area contributed by atoms with E-state index in [2.05, 4.69) is 15.9 Å². The first-order valence-corrected chi connectivity index (χ1v) is 6.08. The van der Waals surface area contributed by atoms with Crippen molar-refractivity contribution in [3.05, 3.63) is 57.0 Å². The Balaban J connectivity index is 2.23. The molecule has 82 valence electrons. The summed E-state index contributed by atoms with van der Waals surface area (Å²) in [5.41, 5.74) is 0. The summed E-state index contributed by atoms with van der Waals surface area (Å²) >= 11 is 15.1. The molecule has 0 aromatic heterocycles. The molecule has 0 aliphatic carbocycles. The Morgan fingerprint density at radius 2 is 1.38 bits per heavy atom. The second-order valence-corrected chi connectivity index (χ2v) is 4.95. The topological polar surface area (TPSA) is 9.23 Å². The molecule has 0 spiro atoms. The Kier molecular flexibility index (Phi) is 3.74. The molecule has 0 fully saturated rings.